The van der Waals surface area contributed by atoms with Crippen LogP contribution in [-0.2, 0) is 25.5 Å². The predicted molar refractivity (Wildman–Crippen MR) is 116 cm³/mol. The highest BCUT2D eigenvalue weighted by molar-refractivity contribution is 6.25. The van der Waals surface area contributed by atoms with Gasteiger partial charge in [0.05, 0.1) is 23.4 Å². The molecule has 0 aromatic carbocycles. The fourth-order valence-electron chi connectivity index (χ4n) is 5.68. The van der Waals surface area contributed by atoms with Crippen LogP contribution in [0.5, 0.6) is 0 Å². The summed E-state index contributed by atoms with van der Waals surface area (Å²) in [5.74, 6) is -1.08. The van der Waals surface area contributed by atoms with Crippen LogP contribution in [0.4, 0.5) is 4.79 Å². The third-order valence-corrected chi connectivity index (χ3v) is 7.21. The molecule has 0 bridgehead atoms. The second kappa shape index (κ2) is 7.67. The van der Waals surface area contributed by atoms with Crippen molar-refractivity contribution in [2.24, 2.45) is 11.7 Å². The Bertz CT molecular complexity index is 1100. The molecule has 2 fully saturated rings. The van der Waals surface area contributed by atoms with Gasteiger partial charge in [0.2, 0.25) is 11.6 Å². The highest BCUT2D eigenvalue weighted by Crippen LogP contribution is 2.55. The van der Waals surface area contributed by atoms with Gasteiger partial charge < -0.3 is 30.3 Å². The summed E-state index contributed by atoms with van der Waals surface area (Å²) in [4.78, 5) is 46.9. The van der Waals surface area contributed by atoms with E-state index >= 15 is 0 Å². The summed E-state index contributed by atoms with van der Waals surface area (Å²) >= 11 is 0. The maximum atomic E-state index is 13.9. The molecule has 4 heterocycles. The zero-order chi connectivity index (χ0) is 23.5. The van der Waals surface area contributed by atoms with Gasteiger partial charge in [-0.15, -0.1) is 0 Å². The molecule has 3 aliphatic heterocycles. The van der Waals surface area contributed by atoms with Crippen molar-refractivity contribution >= 4 is 17.7 Å². The van der Waals surface area contributed by atoms with E-state index in [1.54, 1.807) is 32.2 Å². The second-order valence-electron chi connectivity index (χ2n) is 8.89. The topological polar surface area (TPSA) is 137 Å². The summed E-state index contributed by atoms with van der Waals surface area (Å²) in [6.07, 6.45) is 1.41. The van der Waals surface area contributed by atoms with Crippen LogP contribution in [0.25, 0.3) is 0 Å². The van der Waals surface area contributed by atoms with Gasteiger partial charge in [-0.25, -0.2) is 4.79 Å². The van der Waals surface area contributed by atoms with E-state index in [-0.39, 0.29) is 30.3 Å². The Labute approximate surface area is 191 Å². The zero-order valence-corrected chi connectivity index (χ0v) is 18.8. The first kappa shape index (κ1) is 21.6. The fraction of sp³-hybridized carbons (Fsp3) is 0.478. The van der Waals surface area contributed by atoms with E-state index < -0.39 is 17.7 Å². The molecule has 3 N–H and O–H groups in total. The lowest BCUT2D eigenvalue weighted by molar-refractivity contribution is -0.137. The van der Waals surface area contributed by atoms with E-state index in [1.807, 2.05) is 23.1 Å². The first-order chi connectivity index (χ1) is 15.8. The van der Waals surface area contributed by atoms with Crippen LogP contribution in [0.1, 0.15) is 12.6 Å². The number of hydrogen-bond acceptors (Lipinski definition) is 9. The van der Waals surface area contributed by atoms with Gasteiger partial charge in [-0.2, -0.15) is 0 Å². The van der Waals surface area contributed by atoms with Gasteiger partial charge in [0.25, 0.3) is 0 Å². The minimum atomic E-state index is -0.974. The van der Waals surface area contributed by atoms with E-state index in [2.05, 4.69) is 10.3 Å². The van der Waals surface area contributed by atoms with Gasteiger partial charge in [-0.1, -0.05) is 6.07 Å². The van der Waals surface area contributed by atoms with Gasteiger partial charge in [-0.05, 0) is 19.1 Å². The minimum Gasteiger partial charge on any atom is -0.449 e. The molecule has 2 saturated heterocycles. The Hall–Kier alpha value is -3.24. The lowest BCUT2D eigenvalue weighted by Gasteiger charge is -2.39. The molecule has 0 spiro atoms. The number of nitrogens with zero attached hydrogens (tertiary/aromatic N) is 3. The maximum Gasteiger partial charge on any atom is 0.404 e. The Morgan fingerprint density at radius 2 is 2.15 bits per heavy atom. The highest BCUT2D eigenvalue weighted by atomic mass is 16.6. The molecule has 1 amide bonds. The first-order valence-corrected chi connectivity index (χ1v) is 11.0. The van der Waals surface area contributed by atoms with Crippen LogP contribution in [0.2, 0.25) is 0 Å². The Balaban J connectivity index is 1.48. The minimum absolute atomic E-state index is 0.0687. The first-order valence-electron chi connectivity index (χ1n) is 11.0. The Morgan fingerprint density at radius 3 is 2.82 bits per heavy atom. The third kappa shape index (κ3) is 3.08. The van der Waals surface area contributed by atoms with Gasteiger partial charge in [0.1, 0.15) is 6.61 Å². The summed E-state index contributed by atoms with van der Waals surface area (Å²) in [5, 5.41) is 3.35. The Kier molecular flexibility index (Phi) is 5.02. The smallest absolute Gasteiger partial charge is 0.404 e. The molecule has 0 saturated carbocycles. The van der Waals surface area contributed by atoms with Crippen LogP contribution in [0, 0.1) is 5.92 Å². The van der Waals surface area contributed by atoms with Crippen molar-refractivity contribution in [1.82, 2.24) is 20.1 Å². The van der Waals surface area contributed by atoms with Gasteiger partial charge in [0.15, 0.2) is 5.72 Å². The van der Waals surface area contributed by atoms with E-state index in [0.29, 0.717) is 42.1 Å². The number of carbonyl (C=O) groups excluding carboxylic acids is 3. The molecule has 10 nitrogen and oxygen atoms in total. The normalized spacial score (nSPS) is 29.8. The van der Waals surface area contributed by atoms with Crippen molar-refractivity contribution in [3.05, 3.63) is 52.6 Å². The Morgan fingerprint density at radius 1 is 1.36 bits per heavy atom. The summed E-state index contributed by atoms with van der Waals surface area (Å²) < 4.78 is 11.1. The summed E-state index contributed by atoms with van der Waals surface area (Å²) in [6.45, 7) is 2.60. The number of hydrogen-bond donors (Lipinski definition) is 2. The van der Waals surface area contributed by atoms with Gasteiger partial charge in [-0.3, -0.25) is 14.6 Å². The van der Waals surface area contributed by atoms with E-state index in [1.165, 1.54) is 0 Å². The number of ether oxygens (including phenoxy) is 2. The van der Waals surface area contributed by atoms with Crippen LogP contribution < -0.4 is 11.1 Å². The number of piperazine rings is 1. The molecule has 10 heteroatoms. The number of likely N-dealkylation sites (N-methyl/N-ethyl adjacent to an activating group) is 1. The molecule has 174 valence electrons. The van der Waals surface area contributed by atoms with E-state index in [4.69, 9.17) is 15.2 Å². The predicted octanol–water partition coefficient (Wildman–Crippen LogP) is -0.0404. The van der Waals surface area contributed by atoms with Crippen molar-refractivity contribution < 1.29 is 23.9 Å². The third-order valence-electron chi connectivity index (χ3n) is 7.21. The van der Waals surface area contributed by atoms with Crippen molar-refractivity contribution in [2.75, 3.05) is 33.9 Å². The molecular weight excluding hydrogens is 426 g/mol. The average Bonchev–Trinajstić information content (AvgIpc) is 3.41. The molecule has 1 aromatic rings. The molecule has 4 atom stereocenters. The largest absolute Gasteiger partial charge is 0.449 e. The van der Waals surface area contributed by atoms with Crippen LogP contribution in [0.15, 0.2) is 46.9 Å². The summed E-state index contributed by atoms with van der Waals surface area (Å²) in [7, 11) is 3.36. The highest BCUT2D eigenvalue weighted by Gasteiger charge is 2.72. The fourth-order valence-corrected chi connectivity index (χ4v) is 5.68. The lowest BCUT2D eigenvalue weighted by atomic mass is 9.82. The number of nitrogens with two attached hydrogens (primary N) is 1. The van der Waals surface area contributed by atoms with Crippen molar-refractivity contribution in [3.8, 4) is 0 Å². The molecule has 5 rings (SSSR count). The average molecular weight is 453 g/mol. The molecule has 1 aliphatic carbocycles. The standard InChI is InChI=1S/C23H27N5O5/c1-12-17(27(2)9-7-13-6-4-5-8-25-13)20(30)16-14(11-33-22(24)31)23(32-3)21-15(26-21)10-28(23)18(16)19(12)29/h4-6,8,14-15,21,26H,7,9-11H2,1-3H3,(H2,24,31)/t14?,15?,21?,23-/m1/s1. The number of amides is 1. The van der Waals surface area contributed by atoms with Crippen LogP contribution in [0.3, 0.4) is 0 Å². The van der Waals surface area contributed by atoms with Crippen molar-refractivity contribution in [1.29, 1.82) is 0 Å². The zero-order valence-electron chi connectivity index (χ0n) is 18.8. The van der Waals surface area contributed by atoms with Crippen LogP contribution in [-0.4, -0.2) is 84.1 Å². The summed E-state index contributed by atoms with van der Waals surface area (Å²) in [6, 6.07) is 5.78. The number of carbonyl (C=O) groups is 3. The lowest BCUT2D eigenvalue weighted by Crippen LogP contribution is -2.55. The molecule has 3 unspecified atom stereocenters. The molecular formula is C23H27N5O5. The number of aromatic nitrogens is 1. The number of allylic oxidation sites excluding steroid dienone is 2. The number of Topliss-reactive ketones (excluding diaryl/α,β-unsaturated/α-hetero) is 2. The van der Waals surface area contributed by atoms with Crippen molar-refractivity contribution in [2.45, 2.75) is 31.2 Å². The van der Waals surface area contributed by atoms with Gasteiger partial charge >= 0.3 is 6.09 Å². The number of ketones is 2. The number of nitrogens with one attached hydrogen (secondary N) is 1. The quantitative estimate of drug-likeness (QED) is 0.430. The van der Waals surface area contributed by atoms with E-state index in [9.17, 15) is 14.4 Å². The van der Waals surface area contributed by atoms with Gasteiger partial charge in [0, 0.05) is 62.7 Å². The molecule has 0 radical (unpaired) electrons. The number of methoxy groups -OCH3 is 1. The number of primary amides is 1. The second-order valence-corrected chi connectivity index (χ2v) is 8.89. The summed E-state index contributed by atoms with van der Waals surface area (Å²) in [5.41, 5.74) is 6.60. The number of pyridine rings is 1. The maximum absolute atomic E-state index is 13.9. The number of rotatable bonds is 7. The van der Waals surface area contributed by atoms with Crippen molar-refractivity contribution in [3.63, 3.8) is 0 Å². The SMILES string of the molecule is CO[C@@]12C(COC(N)=O)C3=C(C(=O)C(C)=C(N(C)CCc4ccccn4)C3=O)N1CC1NC12. The molecule has 33 heavy (non-hydrogen) atoms. The van der Waals surface area contributed by atoms with Crippen LogP contribution >= 0.6 is 0 Å². The monoisotopic (exact) mass is 453 g/mol. The number of fused-ring (bicyclic) bond motifs is 4. The molecule has 4 aliphatic rings. The molecule has 1 aromatic heterocycles. The van der Waals surface area contributed by atoms with E-state index in [0.717, 1.165) is 5.69 Å².